The van der Waals surface area contributed by atoms with Gasteiger partial charge in [0.2, 0.25) is 5.82 Å². The molecule has 124 valence electrons. The van der Waals surface area contributed by atoms with Crippen LogP contribution in [0.4, 0.5) is 4.39 Å². The van der Waals surface area contributed by atoms with Crippen LogP contribution in [0.2, 0.25) is 0 Å². The van der Waals surface area contributed by atoms with Crippen LogP contribution in [0.15, 0.2) is 36.4 Å². The van der Waals surface area contributed by atoms with Crippen molar-refractivity contribution in [1.82, 2.24) is 20.6 Å². The van der Waals surface area contributed by atoms with Gasteiger partial charge in [-0.3, -0.25) is 0 Å². The third-order valence-electron chi connectivity index (χ3n) is 3.19. The highest BCUT2D eigenvalue weighted by atomic mass is 127. The first-order valence-electron chi connectivity index (χ1n) is 7.24. The molecule has 1 aromatic heterocycles. The maximum atomic E-state index is 13.3. The van der Waals surface area contributed by atoms with Crippen molar-refractivity contribution < 1.29 is 13.9 Å². The fraction of sp³-hybridized carbons (Fsp3) is 0.188. The number of tetrazole rings is 1. The van der Waals surface area contributed by atoms with Crippen molar-refractivity contribution in [3.8, 4) is 22.9 Å². The summed E-state index contributed by atoms with van der Waals surface area (Å²) in [7, 11) is 0. The summed E-state index contributed by atoms with van der Waals surface area (Å²) in [6.07, 6.45) is 0. The molecule has 0 saturated carbocycles. The van der Waals surface area contributed by atoms with Crippen LogP contribution in [0.1, 0.15) is 12.5 Å². The molecule has 3 aromatic rings. The molecule has 6 nitrogen and oxygen atoms in total. The van der Waals surface area contributed by atoms with Crippen LogP contribution in [0.25, 0.3) is 11.4 Å². The van der Waals surface area contributed by atoms with Gasteiger partial charge in [0, 0.05) is 5.56 Å². The highest BCUT2D eigenvalue weighted by molar-refractivity contribution is 14.1. The van der Waals surface area contributed by atoms with Gasteiger partial charge in [0.05, 0.1) is 10.2 Å². The highest BCUT2D eigenvalue weighted by Crippen LogP contribution is 2.37. The largest absolute Gasteiger partial charge is 0.490 e. The summed E-state index contributed by atoms with van der Waals surface area (Å²) in [5.41, 5.74) is 1.52. The lowest BCUT2D eigenvalue weighted by atomic mass is 10.2. The third kappa shape index (κ3) is 3.81. The minimum Gasteiger partial charge on any atom is -0.490 e. The smallest absolute Gasteiger partial charge is 0.204 e. The predicted molar refractivity (Wildman–Crippen MR) is 94.2 cm³/mol. The molecule has 0 bridgehead atoms. The Morgan fingerprint density at radius 3 is 2.79 bits per heavy atom. The molecular weight excluding hydrogens is 426 g/mol. The number of halogens is 2. The van der Waals surface area contributed by atoms with E-state index in [1.807, 2.05) is 19.1 Å². The van der Waals surface area contributed by atoms with E-state index in [0.717, 1.165) is 14.7 Å². The molecule has 0 atom stereocenters. The zero-order valence-corrected chi connectivity index (χ0v) is 14.9. The van der Waals surface area contributed by atoms with Crippen molar-refractivity contribution in [2.75, 3.05) is 6.61 Å². The van der Waals surface area contributed by atoms with Gasteiger partial charge in [-0.15, -0.1) is 10.2 Å². The Labute approximate surface area is 151 Å². The highest BCUT2D eigenvalue weighted by Gasteiger charge is 2.15. The SMILES string of the molecule is CCOc1cc(-c2nn[nH]n2)cc(I)c1OCc1cccc(F)c1. The minimum atomic E-state index is -0.289. The predicted octanol–water partition coefficient (Wildman–Crippen LogP) is 3.59. The second-order valence-electron chi connectivity index (χ2n) is 4.87. The monoisotopic (exact) mass is 440 g/mol. The van der Waals surface area contributed by atoms with Gasteiger partial charge in [-0.2, -0.15) is 5.21 Å². The molecule has 1 N–H and O–H groups in total. The number of nitrogens with zero attached hydrogens (tertiary/aromatic N) is 3. The number of hydrogen-bond acceptors (Lipinski definition) is 5. The van der Waals surface area contributed by atoms with Crippen LogP contribution < -0.4 is 9.47 Å². The number of H-pyrrole nitrogens is 1. The molecular formula is C16H14FIN4O2. The van der Waals surface area contributed by atoms with E-state index in [0.29, 0.717) is 23.9 Å². The van der Waals surface area contributed by atoms with Gasteiger partial charge in [0.25, 0.3) is 0 Å². The number of ether oxygens (including phenoxy) is 2. The Balaban J connectivity index is 1.88. The van der Waals surface area contributed by atoms with Gasteiger partial charge in [-0.05, 0) is 64.6 Å². The summed E-state index contributed by atoms with van der Waals surface area (Å²) in [5, 5.41) is 13.9. The molecule has 0 radical (unpaired) electrons. The van der Waals surface area contributed by atoms with Crippen LogP contribution in [-0.4, -0.2) is 27.2 Å². The Morgan fingerprint density at radius 2 is 2.08 bits per heavy atom. The number of rotatable bonds is 6. The first-order chi connectivity index (χ1) is 11.7. The molecule has 0 fully saturated rings. The summed E-state index contributed by atoms with van der Waals surface area (Å²) < 4.78 is 25.7. The number of nitrogens with one attached hydrogen (secondary N) is 1. The Bertz CT molecular complexity index is 827. The van der Waals surface area contributed by atoms with Crippen LogP contribution >= 0.6 is 22.6 Å². The van der Waals surface area contributed by atoms with Crippen molar-refractivity contribution in [2.24, 2.45) is 0 Å². The van der Waals surface area contributed by atoms with Crippen molar-refractivity contribution in [3.05, 3.63) is 51.3 Å². The summed E-state index contributed by atoms with van der Waals surface area (Å²) in [6.45, 7) is 2.63. The van der Waals surface area contributed by atoms with Crippen molar-refractivity contribution >= 4 is 22.6 Å². The average molecular weight is 440 g/mol. The molecule has 1 heterocycles. The minimum absolute atomic E-state index is 0.245. The van der Waals surface area contributed by atoms with Crippen LogP contribution in [0, 0.1) is 9.39 Å². The van der Waals surface area contributed by atoms with Gasteiger partial charge in [0.1, 0.15) is 12.4 Å². The summed E-state index contributed by atoms with van der Waals surface area (Å²) >= 11 is 2.16. The van der Waals surface area contributed by atoms with E-state index < -0.39 is 0 Å². The molecule has 0 spiro atoms. The van der Waals surface area contributed by atoms with Gasteiger partial charge in [-0.1, -0.05) is 12.1 Å². The van der Waals surface area contributed by atoms with E-state index in [4.69, 9.17) is 9.47 Å². The molecule has 8 heteroatoms. The Kier molecular flexibility index (Phi) is 5.24. The molecule has 0 amide bonds. The van der Waals surface area contributed by atoms with E-state index in [2.05, 4.69) is 43.2 Å². The van der Waals surface area contributed by atoms with Crippen LogP contribution in [-0.2, 0) is 6.61 Å². The Hall–Kier alpha value is -2.23. The molecule has 0 unspecified atom stereocenters. The van der Waals surface area contributed by atoms with Gasteiger partial charge in [0.15, 0.2) is 11.5 Å². The first kappa shape index (κ1) is 16.6. The normalized spacial score (nSPS) is 10.6. The van der Waals surface area contributed by atoms with Gasteiger partial charge in [-0.25, -0.2) is 4.39 Å². The second kappa shape index (κ2) is 7.56. The lowest BCUT2D eigenvalue weighted by Gasteiger charge is -2.15. The molecule has 0 aliphatic carbocycles. The Morgan fingerprint density at radius 1 is 1.21 bits per heavy atom. The van der Waals surface area contributed by atoms with E-state index in [9.17, 15) is 4.39 Å². The molecule has 0 aliphatic rings. The lowest BCUT2D eigenvalue weighted by Crippen LogP contribution is -2.02. The molecule has 3 rings (SSSR count). The van der Waals surface area contributed by atoms with E-state index in [1.165, 1.54) is 12.1 Å². The topological polar surface area (TPSA) is 72.9 Å². The zero-order valence-electron chi connectivity index (χ0n) is 12.8. The third-order valence-corrected chi connectivity index (χ3v) is 3.99. The molecule has 2 aromatic carbocycles. The number of hydrogen-bond donors (Lipinski definition) is 1. The van der Waals surface area contributed by atoms with Crippen molar-refractivity contribution in [3.63, 3.8) is 0 Å². The van der Waals surface area contributed by atoms with Crippen LogP contribution in [0.5, 0.6) is 11.5 Å². The maximum absolute atomic E-state index is 13.3. The zero-order chi connectivity index (χ0) is 16.9. The number of aromatic nitrogens is 4. The maximum Gasteiger partial charge on any atom is 0.204 e. The van der Waals surface area contributed by atoms with Crippen molar-refractivity contribution in [2.45, 2.75) is 13.5 Å². The quantitative estimate of drug-likeness (QED) is 0.594. The standard InChI is InChI=1S/C16H14FIN4O2/c1-2-23-14-8-11(16-19-21-22-20-16)7-13(18)15(14)24-9-10-4-3-5-12(17)6-10/h3-8H,2,9H2,1H3,(H,19,20,21,22). The average Bonchev–Trinajstić information content (AvgIpc) is 3.09. The fourth-order valence-corrected chi connectivity index (χ4v) is 2.92. The van der Waals surface area contributed by atoms with Crippen LogP contribution in [0.3, 0.4) is 0 Å². The van der Waals surface area contributed by atoms with E-state index in [1.54, 1.807) is 12.1 Å². The fourth-order valence-electron chi connectivity index (χ4n) is 2.17. The van der Waals surface area contributed by atoms with E-state index >= 15 is 0 Å². The van der Waals surface area contributed by atoms with Crippen molar-refractivity contribution in [1.29, 1.82) is 0 Å². The molecule has 24 heavy (non-hydrogen) atoms. The number of aromatic amines is 1. The first-order valence-corrected chi connectivity index (χ1v) is 8.32. The number of benzene rings is 2. The molecule has 0 saturated heterocycles. The summed E-state index contributed by atoms with van der Waals surface area (Å²) in [4.78, 5) is 0. The lowest BCUT2D eigenvalue weighted by molar-refractivity contribution is 0.267. The van der Waals surface area contributed by atoms with Gasteiger partial charge < -0.3 is 9.47 Å². The van der Waals surface area contributed by atoms with Gasteiger partial charge >= 0.3 is 0 Å². The summed E-state index contributed by atoms with van der Waals surface area (Å²) in [6, 6.07) is 10.00. The second-order valence-corrected chi connectivity index (χ2v) is 6.03. The molecule has 0 aliphatic heterocycles. The summed E-state index contributed by atoms with van der Waals surface area (Å²) in [5.74, 6) is 1.38. The van der Waals surface area contributed by atoms with E-state index in [-0.39, 0.29) is 12.4 Å².